The standard InChI is InChI=1S/C20H22N4O/c21-13-15-7-5-6-10-18(15)24-20(25)19-12-11-17(14-22-19)23-16-8-3-1-2-4-9-16/h5-7,10-12,14,16,23H,1-4,8-9H2,(H,24,25). The largest absolute Gasteiger partial charge is 0.381 e. The Morgan fingerprint density at radius 2 is 1.84 bits per heavy atom. The first kappa shape index (κ1) is 17.0. The van der Waals surface area contributed by atoms with Crippen molar-refractivity contribution in [3.8, 4) is 6.07 Å². The number of benzene rings is 1. The van der Waals surface area contributed by atoms with Crippen molar-refractivity contribution in [3.05, 3.63) is 53.9 Å². The van der Waals surface area contributed by atoms with Gasteiger partial charge in [-0.15, -0.1) is 0 Å². The lowest BCUT2D eigenvalue weighted by Gasteiger charge is -2.17. The van der Waals surface area contributed by atoms with Crippen LogP contribution in [0.4, 0.5) is 11.4 Å². The number of anilines is 2. The molecular formula is C20H22N4O. The van der Waals surface area contributed by atoms with Gasteiger partial charge in [0.1, 0.15) is 11.8 Å². The van der Waals surface area contributed by atoms with Gasteiger partial charge in [-0.05, 0) is 37.1 Å². The molecule has 0 radical (unpaired) electrons. The molecule has 0 bridgehead atoms. The van der Waals surface area contributed by atoms with Crippen molar-refractivity contribution >= 4 is 17.3 Å². The lowest BCUT2D eigenvalue weighted by Crippen LogP contribution is -2.19. The van der Waals surface area contributed by atoms with Gasteiger partial charge in [0, 0.05) is 6.04 Å². The van der Waals surface area contributed by atoms with Gasteiger partial charge >= 0.3 is 0 Å². The first-order valence-corrected chi connectivity index (χ1v) is 8.79. The van der Waals surface area contributed by atoms with Crippen molar-refractivity contribution in [2.75, 3.05) is 10.6 Å². The van der Waals surface area contributed by atoms with Crippen LogP contribution < -0.4 is 10.6 Å². The number of hydrogen-bond donors (Lipinski definition) is 2. The number of nitrogens with zero attached hydrogens (tertiary/aromatic N) is 2. The summed E-state index contributed by atoms with van der Waals surface area (Å²) in [5.74, 6) is -0.316. The number of nitriles is 1. The predicted molar refractivity (Wildman–Crippen MR) is 98.5 cm³/mol. The van der Waals surface area contributed by atoms with Crippen LogP contribution in [0.25, 0.3) is 0 Å². The van der Waals surface area contributed by atoms with Gasteiger partial charge in [-0.1, -0.05) is 37.8 Å². The van der Waals surface area contributed by atoms with Gasteiger partial charge in [0.05, 0.1) is 23.1 Å². The van der Waals surface area contributed by atoms with Crippen LogP contribution in [0.5, 0.6) is 0 Å². The van der Waals surface area contributed by atoms with E-state index in [0.717, 1.165) is 5.69 Å². The summed E-state index contributed by atoms with van der Waals surface area (Å²) in [6, 6.07) is 13.1. The fourth-order valence-electron chi connectivity index (χ4n) is 3.15. The number of pyridine rings is 1. The van der Waals surface area contributed by atoms with Crippen molar-refractivity contribution in [1.29, 1.82) is 5.26 Å². The molecule has 5 nitrogen and oxygen atoms in total. The smallest absolute Gasteiger partial charge is 0.274 e. The van der Waals surface area contributed by atoms with E-state index in [1.807, 2.05) is 6.07 Å². The van der Waals surface area contributed by atoms with Gasteiger partial charge in [-0.2, -0.15) is 5.26 Å². The maximum atomic E-state index is 12.3. The van der Waals surface area contributed by atoms with Crippen molar-refractivity contribution in [3.63, 3.8) is 0 Å². The lowest BCUT2D eigenvalue weighted by molar-refractivity contribution is 0.102. The Bertz CT molecular complexity index is 756. The Hall–Kier alpha value is -2.87. The zero-order chi connectivity index (χ0) is 17.5. The Morgan fingerprint density at radius 1 is 1.08 bits per heavy atom. The van der Waals surface area contributed by atoms with Crippen LogP contribution in [0.15, 0.2) is 42.6 Å². The minimum Gasteiger partial charge on any atom is -0.381 e. The molecule has 2 N–H and O–H groups in total. The number of carbonyl (C=O) groups is 1. The molecule has 1 aromatic carbocycles. The van der Waals surface area contributed by atoms with Crippen molar-refractivity contribution in [1.82, 2.24) is 4.98 Å². The third-order valence-electron chi connectivity index (χ3n) is 4.52. The molecule has 0 atom stereocenters. The molecule has 0 aliphatic heterocycles. The Kier molecular flexibility index (Phi) is 5.63. The molecule has 1 fully saturated rings. The molecule has 1 aliphatic rings. The molecule has 128 valence electrons. The normalized spacial score (nSPS) is 15.0. The fraction of sp³-hybridized carbons (Fsp3) is 0.350. The summed E-state index contributed by atoms with van der Waals surface area (Å²) in [6.07, 6.45) is 9.25. The maximum absolute atomic E-state index is 12.3. The zero-order valence-electron chi connectivity index (χ0n) is 14.2. The van der Waals surface area contributed by atoms with Crippen molar-refractivity contribution in [2.45, 2.75) is 44.6 Å². The van der Waals surface area contributed by atoms with Crippen molar-refractivity contribution < 1.29 is 4.79 Å². The van der Waals surface area contributed by atoms with E-state index in [0.29, 0.717) is 23.0 Å². The number of aromatic nitrogens is 1. The highest BCUT2D eigenvalue weighted by atomic mass is 16.1. The molecule has 25 heavy (non-hydrogen) atoms. The average molecular weight is 334 g/mol. The topological polar surface area (TPSA) is 77.8 Å². The van der Waals surface area contributed by atoms with E-state index >= 15 is 0 Å². The number of rotatable bonds is 4. The van der Waals surface area contributed by atoms with E-state index in [9.17, 15) is 4.79 Å². The quantitative estimate of drug-likeness (QED) is 0.815. The summed E-state index contributed by atoms with van der Waals surface area (Å²) in [4.78, 5) is 16.6. The van der Waals surface area contributed by atoms with Crippen LogP contribution in [0.3, 0.4) is 0 Å². The van der Waals surface area contributed by atoms with E-state index < -0.39 is 0 Å². The summed E-state index contributed by atoms with van der Waals surface area (Å²) >= 11 is 0. The summed E-state index contributed by atoms with van der Waals surface area (Å²) in [5, 5.41) is 15.3. The minimum atomic E-state index is -0.316. The highest BCUT2D eigenvalue weighted by molar-refractivity contribution is 6.03. The van der Waals surface area contributed by atoms with E-state index in [-0.39, 0.29) is 5.91 Å². The van der Waals surface area contributed by atoms with Crippen LogP contribution in [0.2, 0.25) is 0 Å². The Balaban J connectivity index is 1.63. The number of hydrogen-bond acceptors (Lipinski definition) is 4. The predicted octanol–water partition coefficient (Wildman–Crippen LogP) is 4.34. The molecule has 1 aliphatic carbocycles. The highest BCUT2D eigenvalue weighted by Crippen LogP contribution is 2.21. The van der Waals surface area contributed by atoms with Gasteiger partial charge in [0.25, 0.3) is 5.91 Å². The molecular weight excluding hydrogens is 312 g/mol. The van der Waals surface area contributed by atoms with Crippen LogP contribution in [-0.4, -0.2) is 16.9 Å². The monoisotopic (exact) mass is 334 g/mol. The first-order chi connectivity index (χ1) is 12.3. The average Bonchev–Trinajstić information content (AvgIpc) is 2.91. The second-order valence-corrected chi connectivity index (χ2v) is 6.38. The molecule has 2 aromatic rings. The van der Waals surface area contributed by atoms with Crippen LogP contribution in [-0.2, 0) is 0 Å². The Morgan fingerprint density at radius 3 is 2.52 bits per heavy atom. The molecule has 3 rings (SSSR count). The summed E-state index contributed by atoms with van der Waals surface area (Å²) in [7, 11) is 0. The SMILES string of the molecule is N#Cc1ccccc1NC(=O)c1ccc(NC2CCCCCC2)cn1. The summed E-state index contributed by atoms with van der Waals surface area (Å²) in [6.45, 7) is 0. The summed E-state index contributed by atoms with van der Waals surface area (Å²) < 4.78 is 0. The van der Waals surface area contributed by atoms with Crippen molar-refractivity contribution in [2.24, 2.45) is 0 Å². The fourth-order valence-corrected chi connectivity index (χ4v) is 3.15. The number of nitrogens with one attached hydrogen (secondary N) is 2. The highest BCUT2D eigenvalue weighted by Gasteiger charge is 2.13. The molecule has 0 spiro atoms. The third-order valence-corrected chi connectivity index (χ3v) is 4.52. The second kappa shape index (κ2) is 8.29. The second-order valence-electron chi connectivity index (χ2n) is 6.38. The van der Waals surface area contributed by atoms with E-state index in [1.54, 1.807) is 36.5 Å². The van der Waals surface area contributed by atoms with Gasteiger partial charge in [0.2, 0.25) is 0 Å². The maximum Gasteiger partial charge on any atom is 0.274 e. The number of para-hydroxylation sites is 1. The van der Waals surface area contributed by atoms with E-state index in [4.69, 9.17) is 5.26 Å². The van der Waals surface area contributed by atoms with Crippen LogP contribution in [0, 0.1) is 11.3 Å². The molecule has 5 heteroatoms. The molecule has 1 aromatic heterocycles. The zero-order valence-corrected chi connectivity index (χ0v) is 14.2. The lowest BCUT2D eigenvalue weighted by atomic mass is 10.1. The Labute approximate surface area is 148 Å². The molecule has 0 unspecified atom stereocenters. The van der Waals surface area contributed by atoms with Gasteiger partial charge in [-0.25, -0.2) is 4.98 Å². The number of amides is 1. The van der Waals surface area contributed by atoms with Crippen LogP contribution >= 0.6 is 0 Å². The van der Waals surface area contributed by atoms with Gasteiger partial charge < -0.3 is 10.6 Å². The molecule has 0 saturated heterocycles. The first-order valence-electron chi connectivity index (χ1n) is 8.79. The number of carbonyl (C=O) groups excluding carboxylic acids is 1. The van der Waals surface area contributed by atoms with Gasteiger partial charge in [0.15, 0.2) is 0 Å². The molecule has 1 amide bonds. The van der Waals surface area contributed by atoms with Crippen LogP contribution in [0.1, 0.15) is 54.6 Å². The van der Waals surface area contributed by atoms with Gasteiger partial charge in [-0.3, -0.25) is 4.79 Å². The molecule has 1 saturated carbocycles. The van der Waals surface area contributed by atoms with E-state index in [1.165, 1.54) is 38.5 Å². The minimum absolute atomic E-state index is 0.316. The van der Waals surface area contributed by atoms with E-state index in [2.05, 4.69) is 21.7 Å². The molecule has 1 heterocycles. The summed E-state index contributed by atoms with van der Waals surface area (Å²) in [5.41, 5.74) is 2.21. The third kappa shape index (κ3) is 4.57.